The summed E-state index contributed by atoms with van der Waals surface area (Å²) in [7, 11) is 4.14. The maximum Gasteiger partial charge on any atom is 0.0505 e. The molecule has 1 aliphatic rings. The van der Waals surface area contributed by atoms with Crippen molar-refractivity contribution in [3.05, 3.63) is 28.2 Å². The van der Waals surface area contributed by atoms with Gasteiger partial charge in [-0.15, -0.1) is 0 Å². The first-order valence-corrected chi connectivity index (χ1v) is 7.35. The highest BCUT2D eigenvalue weighted by Gasteiger charge is 2.09. The highest BCUT2D eigenvalue weighted by molar-refractivity contribution is 9.10. The van der Waals surface area contributed by atoms with Gasteiger partial charge in [0.15, 0.2) is 0 Å². The maximum absolute atomic E-state index is 3.65. The van der Waals surface area contributed by atoms with Gasteiger partial charge in [-0.1, -0.05) is 6.07 Å². The van der Waals surface area contributed by atoms with E-state index >= 15 is 0 Å². The zero-order valence-corrected chi connectivity index (χ0v) is 12.8. The Balaban J connectivity index is 1.91. The van der Waals surface area contributed by atoms with E-state index in [9.17, 15) is 0 Å². The minimum atomic E-state index is 1.13. The molecule has 4 heteroatoms. The van der Waals surface area contributed by atoms with Gasteiger partial charge in [-0.05, 0) is 40.0 Å². The van der Waals surface area contributed by atoms with Gasteiger partial charge in [0.1, 0.15) is 0 Å². The Kier molecular flexibility index (Phi) is 5.03. The molecule has 0 radical (unpaired) electrons. The molecule has 0 amide bonds. The molecular weight excluding hydrogens is 290 g/mol. The van der Waals surface area contributed by atoms with Gasteiger partial charge >= 0.3 is 0 Å². The number of anilines is 1. The van der Waals surface area contributed by atoms with Crippen LogP contribution in [-0.2, 0) is 6.42 Å². The Morgan fingerprint density at radius 1 is 1.28 bits per heavy atom. The SMILES string of the molecule is CN(C)c1ccc(CCN2CCNCC2)cc1Br. The average molecular weight is 312 g/mol. The van der Waals surface area contributed by atoms with Crippen LogP contribution in [0.4, 0.5) is 5.69 Å². The summed E-state index contributed by atoms with van der Waals surface area (Å²) in [6.07, 6.45) is 1.13. The van der Waals surface area contributed by atoms with E-state index < -0.39 is 0 Å². The summed E-state index contributed by atoms with van der Waals surface area (Å²) in [5.74, 6) is 0. The van der Waals surface area contributed by atoms with Crippen LogP contribution in [0.15, 0.2) is 22.7 Å². The topological polar surface area (TPSA) is 18.5 Å². The number of nitrogens with one attached hydrogen (secondary N) is 1. The predicted molar refractivity (Wildman–Crippen MR) is 81.5 cm³/mol. The number of rotatable bonds is 4. The van der Waals surface area contributed by atoms with Gasteiger partial charge in [0.2, 0.25) is 0 Å². The molecule has 0 spiro atoms. The van der Waals surface area contributed by atoms with Crippen LogP contribution in [-0.4, -0.2) is 51.7 Å². The highest BCUT2D eigenvalue weighted by Crippen LogP contribution is 2.25. The Hall–Kier alpha value is -0.580. The van der Waals surface area contributed by atoms with Crippen molar-refractivity contribution < 1.29 is 0 Å². The van der Waals surface area contributed by atoms with Crippen molar-refractivity contribution in [1.82, 2.24) is 10.2 Å². The number of nitrogens with zero attached hydrogens (tertiary/aromatic N) is 2. The summed E-state index contributed by atoms with van der Waals surface area (Å²) in [4.78, 5) is 4.66. The van der Waals surface area contributed by atoms with Gasteiger partial charge in [0, 0.05) is 51.3 Å². The second kappa shape index (κ2) is 6.55. The van der Waals surface area contributed by atoms with E-state index in [1.54, 1.807) is 0 Å². The molecule has 0 aromatic heterocycles. The zero-order valence-electron chi connectivity index (χ0n) is 11.2. The highest BCUT2D eigenvalue weighted by atomic mass is 79.9. The van der Waals surface area contributed by atoms with Crippen molar-refractivity contribution in [2.24, 2.45) is 0 Å². The van der Waals surface area contributed by atoms with Crippen molar-refractivity contribution in [2.75, 3.05) is 51.7 Å². The number of hydrogen-bond acceptors (Lipinski definition) is 3. The molecule has 1 aromatic rings. The van der Waals surface area contributed by atoms with Crippen LogP contribution in [0.25, 0.3) is 0 Å². The fourth-order valence-electron chi connectivity index (χ4n) is 2.29. The summed E-state index contributed by atoms with van der Waals surface area (Å²) in [5.41, 5.74) is 2.65. The third-order valence-electron chi connectivity index (χ3n) is 3.42. The van der Waals surface area contributed by atoms with E-state index in [2.05, 4.69) is 63.3 Å². The molecule has 1 saturated heterocycles. The zero-order chi connectivity index (χ0) is 13.0. The van der Waals surface area contributed by atoms with Crippen molar-refractivity contribution in [3.8, 4) is 0 Å². The summed E-state index contributed by atoms with van der Waals surface area (Å²) in [6, 6.07) is 6.68. The Morgan fingerprint density at radius 3 is 2.61 bits per heavy atom. The second-order valence-corrected chi connectivity index (χ2v) is 5.88. The number of hydrogen-bond donors (Lipinski definition) is 1. The van der Waals surface area contributed by atoms with Gasteiger partial charge in [-0.2, -0.15) is 0 Å². The van der Waals surface area contributed by atoms with Gasteiger partial charge < -0.3 is 15.1 Å². The molecule has 18 heavy (non-hydrogen) atoms. The Labute approximate surface area is 118 Å². The van der Waals surface area contributed by atoms with E-state index in [1.165, 1.54) is 28.8 Å². The van der Waals surface area contributed by atoms with Crippen molar-refractivity contribution in [3.63, 3.8) is 0 Å². The van der Waals surface area contributed by atoms with Crippen molar-refractivity contribution >= 4 is 21.6 Å². The molecule has 1 N–H and O–H groups in total. The average Bonchev–Trinajstić information content (AvgIpc) is 2.37. The fraction of sp³-hybridized carbons (Fsp3) is 0.571. The van der Waals surface area contributed by atoms with Crippen LogP contribution in [0.2, 0.25) is 0 Å². The van der Waals surface area contributed by atoms with Gasteiger partial charge in [0.25, 0.3) is 0 Å². The van der Waals surface area contributed by atoms with Gasteiger partial charge in [-0.3, -0.25) is 0 Å². The summed E-state index contributed by atoms with van der Waals surface area (Å²) in [6.45, 7) is 5.77. The minimum Gasteiger partial charge on any atom is -0.377 e. The number of piperazine rings is 1. The summed E-state index contributed by atoms with van der Waals surface area (Å²) in [5, 5.41) is 3.39. The molecule has 100 valence electrons. The van der Waals surface area contributed by atoms with E-state index in [4.69, 9.17) is 0 Å². The molecule has 2 rings (SSSR count). The van der Waals surface area contributed by atoms with Crippen LogP contribution in [0.1, 0.15) is 5.56 Å². The molecule has 1 aromatic carbocycles. The molecular formula is C14H22BrN3. The lowest BCUT2D eigenvalue weighted by Gasteiger charge is -2.27. The first-order chi connectivity index (χ1) is 8.66. The van der Waals surface area contributed by atoms with E-state index in [0.29, 0.717) is 0 Å². The molecule has 1 aliphatic heterocycles. The molecule has 1 fully saturated rings. The molecule has 1 heterocycles. The molecule has 0 atom stereocenters. The fourth-order valence-corrected chi connectivity index (χ4v) is 3.07. The smallest absolute Gasteiger partial charge is 0.0505 e. The largest absolute Gasteiger partial charge is 0.377 e. The maximum atomic E-state index is 3.65. The first-order valence-electron chi connectivity index (χ1n) is 6.55. The quantitative estimate of drug-likeness (QED) is 0.917. The lowest BCUT2D eigenvalue weighted by atomic mass is 10.1. The molecule has 0 saturated carbocycles. The van der Waals surface area contributed by atoms with Gasteiger partial charge in [0.05, 0.1) is 5.69 Å². The molecule has 0 aliphatic carbocycles. The lowest BCUT2D eigenvalue weighted by molar-refractivity contribution is 0.244. The predicted octanol–water partition coefficient (Wildman–Crippen LogP) is 1.96. The van der Waals surface area contributed by atoms with E-state index in [1.807, 2.05) is 0 Å². The van der Waals surface area contributed by atoms with Crippen LogP contribution in [0, 0.1) is 0 Å². The Morgan fingerprint density at radius 2 is 2.00 bits per heavy atom. The van der Waals surface area contributed by atoms with Gasteiger partial charge in [-0.25, -0.2) is 0 Å². The second-order valence-electron chi connectivity index (χ2n) is 5.02. The van der Waals surface area contributed by atoms with Crippen LogP contribution >= 0.6 is 15.9 Å². The third-order valence-corrected chi connectivity index (χ3v) is 4.06. The minimum absolute atomic E-state index is 1.13. The van der Waals surface area contributed by atoms with Crippen molar-refractivity contribution in [2.45, 2.75) is 6.42 Å². The standard InChI is InChI=1S/C14H22BrN3/c1-17(2)14-4-3-12(11-13(14)15)5-8-18-9-6-16-7-10-18/h3-4,11,16H,5-10H2,1-2H3. The third kappa shape index (κ3) is 3.70. The van der Waals surface area contributed by atoms with Crippen LogP contribution < -0.4 is 10.2 Å². The molecule has 0 unspecified atom stereocenters. The summed E-state index contributed by atoms with van der Waals surface area (Å²) < 4.78 is 1.19. The van der Waals surface area contributed by atoms with Crippen LogP contribution in [0.3, 0.4) is 0 Å². The normalized spacial score (nSPS) is 16.8. The van der Waals surface area contributed by atoms with E-state index in [-0.39, 0.29) is 0 Å². The monoisotopic (exact) mass is 311 g/mol. The molecule has 0 bridgehead atoms. The summed E-state index contributed by atoms with van der Waals surface area (Å²) >= 11 is 3.65. The van der Waals surface area contributed by atoms with Crippen LogP contribution in [0.5, 0.6) is 0 Å². The Bertz CT molecular complexity index is 387. The number of benzene rings is 1. The first kappa shape index (κ1) is 13.8. The van der Waals surface area contributed by atoms with Crippen molar-refractivity contribution in [1.29, 1.82) is 0 Å². The molecule has 3 nitrogen and oxygen atoms in total. The number of halogens is 1. The van der Waals surface area contributed by atoms with E-state index in [0.717, 1.165) is 26.1 Å². The lowest BCUT2D eigenvalue weighted by Crippen LogP contribution is -2.44.